The van der Waals surface area contributed by atoms with E-state index < -0.39 is 0 Å². The van der Waals surface area contributed by atoms with E-state index in [9.17, 15) is 4.79 Å². The summed E-state index contributed by atoms with van der Waals surface area (Å²) in [5.74, 6) is 0. The van der Waals surface area contributed by atoms with E-state index in [1.165, 1.54) is 0 Å². The standard InChI is InChI=1S/C6H12N2O/c1-6(7-2)3-4-8-5-9/h3,5,7H,4H2,1-2H3,(H,8,9)/b6-3+. The highest BCUT2D eigenvalue weighted by atomic mass is 16.1. The molecule has 2 N–H and O–H groups in total. The summed E-state index contributed by atoms with van der Waals surface area (Å²) in [5.41, 5.74) is 1.06. The van der Waals surface area contributed by atoms with Crippen molar-refractivity contribution in [1.82, 2.24) is 10.6 Å². The maximum Gasteiger partial charge on any atom is 0.207 e. The maximum absolute atomic E-state index is 9.71. The third-order valence-corrected chi connectivity index (χ3v) is 1.00. The Morgan fingerprint density at radius 1 is 1.67 bits per heavy atom. The molecule has 3 heteroatoms. The van der Waals surface area contributed by atoms with Crippen LogP contribution in [0.1, 0.15) is 6.92 Å². The average molecular weight is 128 g/mol. The Hall–Kier alpha value is -0.990. The molecule has 0 aliphatic heterocycles. The van der Waals surface area contributed by atoms with Crippen LogP contribution in [0.3, 0.4) is 0 Å². The molecule has 0 atom stereocenters. The van der Waals surface area contributed by atoms with Gasteiger partial charge >= 0.3 is 0 Å². The van der Waals surface area contributed by atoms with Gasteiger partial charge in [-0.25, -0.2) is 0 Å². The Labute approximate surface area is 55.1 Å². The van der Waals surface area contributed by atoms with Gasteiger partial charge in [-0.1, -0.05) is 0 Å². The molecule has 0 aliphatic rings. The Bertz CT molecular complexity index is 110. The molecule has 52 valence electrons. The summed E-state index contributed by atoms with van der Waals surface area (Å²) in [7, 11) is 1.84. The van der Waals surface area contributed by atoms with Crippen molar-refractivity contribution in [2.24, 2.45) is 0 Å². The molecule has 1 amide bonds. The van der Waals surface area contributed by atoms with Crippen LogP contribution in [-0.2, 0) is 4.79 Å². The molecule has 0 rings (SSSR count). The molecule has 0 bridgehead atoms. The molecular formula is C6H12N2O. The molecule has 0 fully saturated rings. The molecule has 0 aromatic rings. The van der Waals surface area contributed by atoms with Crippen LogP contribution in [0.5, 0.6) is 0 Å². The Balaban J connectivity index is 3.31. The van der Waals surface area contributed by atoms with Crippen LogP contribution in [0.2, 0.25) is 0 Å². The normalized spacial score (nSPS) is 10.7. The largest absolute Gasteiger partial charge is 0.392 e. The summed E-state index contributed by atoms with van der Waals surface area (Å²) in [4.78, 5) is 9.71. The molecule has 0 saturated heterocycles. The number of hydrogen-bond acceptors (Lipinski definition) is 2. The molecule has 0 aromatic heterocycles. The fourth-order valence-corrected chi connectivity index (χ4v) is 0.362. The molecule has 0 saturated carbocycles. The monoisotopic (exact) mass is 128 g/mol. The third-order valence-electron chi connectivity index (χ3n) is 1.00. The van der Waals surface area contributed by atoms with Crippen LogP contribution in [0, 0.1) is 0 Å². The fourth-order valence-electron chi connectivity index (χ4n) is 0.362. The molecule has 0 aliphatic carbocycles. The van der Waals surface area contributed by atoms with Crippen LogP contribution in [0.4, 0.5) is 0 Å². The minimum absolute atomic E-state index is 0.593. The van der Waals surface area contributed by atoms with Gasteiger partial charge in [0.25, 0.3) is 0 Å². The van der Waals surface area contributed by atoms with E-state index in [4.69, 9.17) is 0 Å². The lowest BCUT2D eigenvalue weighted by Gasteiger charge is -1.96. The van der Waals surface area contributed by atoms with Crippen molar-refractivity contribution in [2.75, 3.05) is 13.6 Å². The van der Waals surface area contributed by atoms with E-state index in [1.54, 1.807) is 0 Å². The maximum atomic E-state index is 9.71. The lowest BCUT2D eigenvalue weighted by molar-refractivity contribution is -0.109. The summed E-state index contributed by atoms with van der Waals surface area (Å²) in [6, 6.07) is 0. The van der Waals surface area contributed by atoms with E-state index in [0.717, 1.165) is 5.70 Å². The zero-order chi connectivity index (χ0) is 7.11. The van der Waals surface area contributed by atoms with Crippen molar-refractivity contribution in [3.05, 3.63) is 11.8 Å². The van der Waals surface area contributed by atoms with Gasteiger partial charge in [-0.05, 0) is 13.0 Å². The number of allylic oxidation sites excluding steroid dienone is 1. The number of amides is 1. The Morgan fingerprint density at radius 3 is 2.78 bits per heavy atom. The Morgan fingerprint density at radius 2 is 2.33 bits per heavy atom. The predicted octanol–water partition coefficient (Wildman–Crippen LogP) is -0.144. The smallest absolute Gasteiger partial charge is 0.207 e. The predicted molar refractivity (Wildman–Crippen MR) is 36.9 cm³/mol. The first-order chi connectivity index (χ1) is 4.31. The topological polar surface area (TPSA) is 41.1 Å². The number of carbonyl (C=O) groups excluding carboxylic acids is 1. The van der Waals surface area contributed by atoms with E-state index in [-0.39, 0.29) is 0 Å². The van der Waals surface area contributed by atoms with Crippen molar-refractivity contribution in [3.8, 4) is 0 Å². The van der Waals surface area contributed by atoms with Gasteiger partial charge in [0.2, 0.25) is 6.41 Å². The van der Waals surface area contributed by atoms with Crippen LogP contribution in [0.25, 0.3) is 0 Å². The number of hydrogen-bond donors (Lipinski definition) is 2. The minimum atomic E-state index is 0.593. The Kier molecular flexibility index (Phi) is 4.59. The fraction of sp³-hybridized carbons (Fsp3) is 0.500. The van der Waals surface area contributed by atoms with Crippen molar-refractivity contribution >= 4 is 6.41 Å². The van der Waals surface area contributed by atoms with Gasteiger partial charge in [-0.2, -0.15) is 0 Å². The minimum Gasteiger partial charge on any atom is -0.392 e. The number of nitrogens with one attached hydrogen (secondary N) is 2. The summed E-state index contributed by atoms with van der Waals surface area (Å²) in [5, 5.41) is 5.45. The van der Waals surface area contributed by atoms with Crippen molar-refractivity contribution in [1.29, 1.82) is 0 Å². The van der Waals surface area contributed by atoms with E-state index in [2.05, 4.69) is 10.6 Å². The highest BCUT2D eigenvalue weighted by molar-refractivity contribution is 5.46. The molecule has 0 unspecified atom stereocenters. The quantitative estimate of drug-likeness (QED) is 0.408. The molecule has 0 radical (unpaired) electrons. The van der Waals surface area contributed by atoms with Gasteiger partial charge in [-0.3, -0.25) is 4.79 Å². The van der Waals surface area contributed by atoms with Gasteiger partial charge in [0.05, 0.1) is 0 Å². The second-order valence-electron chi connectivity index (χ2n) is 1.66. The summed E-state index contributed by atoms with van der Waals surface area (Å²) in [6.07, 6.45) is 2.58. The zero-order valence-corrected chi connectivity index (χ0v) is 5.77. The first-order valence-corrected chi connectivity index (χ1v) is 2.82. The highest BCUT2D eigenvalue weighted by Crippen LogP contribution is 1.79. The van der Waals surface area contributed by atoms with Crippen LogP contribution < -0.4 is 10.6 Å². The number of carbonyl (C=O) groups is 1. The van der Waals surface area contributed by atoms with Gasteiger partial charge in [0.15, 0.2) is 0 Å². The van der Waals surface area contributed by atoms with Gasteiger partial charge in [0.1, 0.15) is 0 Å². The van der Waals surface area contributed by atoms with E-state index in [1.807, 2.05) is 20.0 Å². The van der Waals surface area contributed by atoms with E-state index >= 15 is 0 Å². The van der Waals surface area contributed by atoms with Crippen molar-refractivity contribution in [3.63, 3.8) is 0 Å². The summed E-state index contributed by atoms with van der Waals surface area (Å²) in [6.45, 7) is 2.53. The van der Waals surface area contributed by atoms with Gasteiger partial charge in [0, 0.05) is 19.3 Å². The summed E-state index contributed by atoms with van der Waals surface area (Å²) < 4.78 is 0. The SMILES string of the molecule is CN/C(C)=C/CNC=O. The van der Waals surface area contributed by atoms with Crippen LogP contribution in [-0.4, -0.2) is 20.0 Å². The number of rotatable bonds is 4. The third kappa shape index (κ3) is 4.87. The molecule has 0 spiro atoms. The van der Waals surface area contributed by atoms with E-state index in [0.29, 0.717) is 13.0 Å². The second kappa shape index (κ2) is 5.15. The van der Waals surface area contributed by atoms with Crippen LogP contribution >= 0.6 is 0 Å². The van der Waals surface area contributed by atoms with Crippen LogP contribution in [0.15, 0.2) is 11.8 Å². The molecule has 0 heterocycles. The molecule has 0 aromatic carbocycles. The van der Waals surface area contributed by atoms with Crippen molar-refractivity contribution < 1.29 is 4.79 Å². The molecule has 9 heavy (non-hydrogen) atoms. The lowest BCUT2D eigenvalue weighted by atomic mass is 10.4. The first kappa shape index (κ1) is 8.01. The van der Waals surface area contributed by atoms with Gasteiger partial charge < -0.3 is 10.6 Å². The molecular weight excluding hydrogens is 116 g/mol. The summed E-state index contributed by atoms with van der Waals surface area (Å²) >= 11 is 0. The van der Waals surface area contributed by atoms with Gasteiger partial charge in [-0.15, -0.1) is 0 Å². The highest BCUT2D eigenvalue weighted by Gasteiger charge is 1.78. The lowest BCUT2D eigenvalue weighted by Crippen LogP contribution is -2.12. The average Bonchev–Trinajstić information content (AvgIpc) is 1.89. The second-order valence-corrected chi connectivity index (χ2v) is 1.66. The molecule has 3 nitrogen and oxygen atoms in total. The van der Waals surface area contributed by atoms with Crippen molar-refractivity contribution in [2.45, 2.75) is 6.92 Å². The zero-order valence-electron chi connectivity index (χ0n) is 5.77. The first-order valence-electron chi connectivity index (χ1n) is 2.82.